The van der Waals surface area contributed by atoms with Crippen LogP contribution in [-0.4, -0.2) is 44.6 Å². The van der Waals surface area contributed by atoms with E-state index < -0.39 is 11.2 Å². The maximum atomic E-state index is 12.7. The lowest BCUT2D eigenvalue weighted by molar-refractivity contribution is -0.132. The highest BCUT2D eigenvalue weighted by Gasteiger charge is 2.38. The number of ether oxygens (including phenoxy) is 1. The summed E-state index contributed by atoms with van der Waals surface area (Å²) in [7, 11) is 0. The number of carbonyl (C=O) groups excluding carboxylic acids is 3. The molecule has 1 aliphatic heterocycles. The fraction of sp³-hybridized carbons (Fsp3) is 0.250. The average Bonchev–Trinajstić information content (AvgIpc) is 2.99. The van der Waals surface area contributed by atoms with Crippen LogP contribution in [0.3, 0.4) is 0 Å². The van der Waals surface area contributed by atoms with Gasteiger partial charge in [0.15, 0.2) is 16.7 Å². The van der Waals surface area contributed by atoms with E-state index in [1.807, 2.05) is 6.92 Å². The second kappa shape index (κ2) is 9.73. The number of amides is 2. The first-order valence-electron chi connectivity index (χ1n) is 9.13. The van der Waals surface area contributed by atoms with Crippen molar-refractivity contribution in [2.24, 2.45) is 4.99 Å². The number of esters is 1. The summed E-state index contributed by atoms with van der Waals surface area (Å²) < 4.78 is 5.09. The molecular formula is C20H19ClN4O4S. The van der Waals surface area contributed by atoms with E-state index in [4.69, 9.17) is 16.3 Å². The van der Waals surface area contributed by atoms with Crippen molar-refractivity contribution in [2.45, 2.75) is 25.5 Å². The predicted octanol–water partition coefficient (Wildman–Crippen LogP) is 3.64. The number of nitrogens with one attached hydrogen (secondary N) is 1. The lowest BCUT2D eigenvalue weighted by Gasteiger charge is -2.13. The van der Waals surface area contributed by atoms with E-state index in [0.717, 1.165) is 0 Å². The Morgan fingerprint density at radius 1 is 1.30 bits per heavy atom. The molecule has 1 aliphatic rings. The van der Waals surface area contributed by atoms with E-state index in [1.54, 1.807) is 36.4 Å². The van der Waals surface area contributed by atoms with Crippen LogP contribution in [0.5, 0.6) is 5.75 Å². The summed E-state index contributed by atoms with van der Waals surface area (Å²) in [6, 6.07) is 9.92. The van der Waals surface area contributed by atoms with Crippen molar-refractivity contribution >= 4 is 57.8 Å². The van der Waals surface area contributed by atoms with Crippen LogP contribution < -0.4 is 10.1 Å². The van der Waals surface area contributed by atoms with Crippen LogP contribution in [0.2, 0.25) is 5.02 Å². The smallest absolute Gasteiger partial charge is 0.308 e. The quantitative estimate of drug-likeness (QED) is 0.537. The van der Waals surface area contributed by atoms with Gasteiger partial charge in [-0.1, -0.05) is 35.5 Å². The summed E-state index contributed by atoms with van der Waals surface area (Å²) in [6.45, 7) is 3.54. The molecule has 2 amide bonds. The molecule has 10 heteroatoms. The van der Waals surface area contributed by atoms with Crippen molar-refractivity contribution < 1.29 is 19.1 Å². The van der Waals surface area contributed by atoms with Gasteiger partial charge in [0.25, 0.3) is 0 Å². The van der Waals surface area contributed by atoms with Gasteiger partial charge in [0, 0.05) is 26.1 Å². The number of nitrogens with zero attached hydrogens (tertiary/aromatic N) is 3. The molecule has 0 radical (unpaired) electrons. The summed E-state index contributed by atoms with van der Waals surface area (Å²) in [4.78, 5) is 46.6. The largest absolute Gasteiger partial charge is 0.424 e. The molecule has 3 rings (SSSR count). The number of thioether (sulfide) groups is 1. The summed E-state index contributed by atoms with van der Waals surface area (Å²) >= 11 is 7.05. The standard InChI is InChI=1S/C20H19ClN4O4S/c1-3-25-19(28)16(30-20(25)24-17-9-8-13(21)11-22-17)10-18(27)23-14-6-4-5-7-15(14)29-12(2)26/h4-9,11,16H,3,10H2,1-2H3,(H,23,27). The first-order valence-corrected chi connectivity index (χ1v) is 10.4. The molecule has 1 saturated heterocycles. The number of hydrogen-bond donors (Lipinski definition) is 1. The van der Waals surface area contributed by atoms with Crippen LogP contribution in [0.15, 0.2) is 47.6 Å². The third kappa shape index (κ3) is 5.37. The van der Waals surface area contributed by atoms with Gasteiger partial charge in [0.1, 0.15) is 5.25 Å². The van der Waals surface area contributed by atoms with E-state index in [2.05, 4.69) is 15.3 Å². The third-order valence-corrected chi connectivity index (χ3v) is 5.44. The SMILES string of the molecule is CCN1C(=O)C(CC(=O)Nc2ccccc2OC(C)=O)SC1=Nc1ccc(Cl)cn1. The molecule has 1 aromatic heterocycles. The number of amidine groups is 1. The number of aromatic nitrogens is 1. The molecule has 1 fully saturated rings. The van der Waals surface area contributed by atoms with Crippen LogP contribution in [0, 0.1) is 0 Å². The molecule has 1 N–H and O–H groups in total. The van der Waals surface area contributed by atoms with E-state index in [9.17, 15) is 14.4 Å². The summed E-state index contributed by atoms with van der Waals surface area (Å²) in [5, 5.41) is 3.06. The van der Waals surface area contributed by atoms with E-state index in [1.165, 1.54) is 29.8 Å². The number of hydrogen-bond acceptors (Lipinski definition) is 7. The fourth-order valence-corrected chi connectivity index (χ4v) is 4.05. The zero-order valence-corrected chi connectivity index (χ0v) is 17.9. The average molecular weight is 447 g/mol. The molecule has 1 aromatic carbocycles. The first-order chi connectivity index (χ1) is 14.4. The molecule has 30 heavy (non-hydrogen) atoms. The second-order valence-electron chi connectivity index (χ2n) is 6.26. The van der Waals surface area contributed by atoms with Gasteiger partial charge in [-0.15, -0.1) is 0 Å². The predicted molar refractivity (Wildman–Crippen MR) is 116 cm³/mol. The minimum absolute atomic E-state index is 0.0541. The third-order valence-electron chi connectivity index (χ3n) is 4.04. The molecule has 0 saturated carbocycles. The Morgan fingerprint density at radius 3 is 2.73 bits per heavy atom. The van der Waals surface area contributed by atoms with Gasteiger partial charge in [0.2, 0.25) is 11.8 Å². The van der Waals surface area contributed by atoms with Gasteiger partial charge in [-0.25, -0.2) is 9.98 Å². The number of para-hydroxylation sites is 2. The highest BCUT2D eigenvalue weighted by molar-refractivity contribution is 8.15. The van der Waals surface area contributed by atoms with Crippen LogP contribution in [-0.2, 0) is 14.4 Å². The number of aliphatic imine (C=N–C) groups is 1. The number of pyridine rings is 1. The Bertz CT molecular complexity index is 997. The summed E-state index contributed by atoms with van der Waals surface area (Å²) in [5.41, 5.74) is 0.361. The summed E-state index contributed by atoms with van der Waals surface area (Å²) in [5.74, 6) is -0.391. The number of carbonyl (C=O) groups is 3. The number of halogens is 1. The Kier molecular flexibility index (Phi) is 7.07. The zero-order valence-electron chi connectivity index (χ0n) is 16.3. The molecule has 2 heterocycles. The maximum absolute atomic E-state index is 12.7. The zero-order chi connectivity index (χ0) is 21.7. The number of rotatable bonds is 6. The molecule has 0 spiro atoms. The van der Waals surface area contributed by atoms with Gasteiger partial charge < -0.3 is 10.1 Å². The van der Waals surface area contributed by atoms with Crippen LogP contribution in [0.25, 0.3) is 0 Å². The van der Waals surface area contributed by atoms with Crippen molar-refractivity contribution in [1.29, 1.82) is 0 Å². The molecule has 1 unspecified atom stereocenters. The minimum atomic E-state index is -0.614. The Balaban J connectivity index is 1.71. The highest BCUT2D eigenvalue weighted by atomic mass is 35.5. The van der Waals surface area contributed by atoms with Gasteiger partial charge >= 0.3 is 5.97 Å². The topological polar surface area (TPSA) is 101 Å². The number of benzene rings is 1. The molecule has 8 nitrogen and oxygen atoms in total. The lowest BCUT2D eigenvalue weighted by atomic mass is 10.2. The van der Waals surface area contributed by atoms with Crippen molar-refractivity contribution in [2.75, 3.05) is 11.9 Å². The lowest BCUT2D eigenvalue weighted by Crippen LogP contribution is -2.33. The van der Waals surface area contributed by atoms with Gasteiger partial charge in [-0.05, 0) is 31.2 Å². The van der Waals surface area contributed by atoms with Gasteiger partial charge in [0.05, 0.1) is 10.7 Å². The van der Waals surface area contributed by atoms with Gasteiger partial charge in [-0.2, -0.15) is 0 Å². The molecule has 156 valence electrons. The Morgan fingerprint density at radius 2 is 2.07 bits per heavy atom. The highest BCUT2D eigenvalue weighted by Crippen LogP contribution is 2.32. The monoisotopic (exact) mass is 446 g/mol. The van der Waals surface area contributed by atoms with E-state index in [-0.39, 0.29) is 24.0 Å². The van der Waals surface area contributed by atoms with E-state index in [0.29, 0.717) is 28.2 Å². The normalized spacial score (nSPS) is 17.3. The van der Waals surface area contributed by atoms with Crippen molar-refractivity contribution in [3.8, 4) is 5.75 Å². The van der Waals surface area contributed by atoms with Crippen LogP contribution >= 0.6 is 23.4 Å². The number of anilines is 1. The first kappa shape index (κ1) is 21.8. The van der Waals surface area contributed by atoms with E-state index >= 15 is 0 Å². The minimum Gasteiger partial charge on any atom is -0.424 e. The Hall–Kier alpha value is -2.91. The molecule has 0 aliphatic carbocycles. The molecular weight excluding hydrogens is 428 g/mol. The van der Waals surface area contributed by atoms with Crippen molar-refractivity contribution in [1.82, 2.24) is 9.88 Å². The molecule has 1 atom stereocenters. The van der Waals surface area contributed by atoms with Gasteiger partial charge in [-0.3, -0.25) is 19.3 Å². The molecule has 2 aromatic rings. The Labute approximate surface area is 182 Å². The second-order valence-corrected chi connectivity index (χ2v) is 7.87. The molecule has 0 bridgehead atoms. The van der Waals surface area contributed by atoms with Crippen molar-refractivity contribution in [3.05, 3.63) is 47.6 Å². The van der Waals surface area contributed by atoms with Crippen molar-refractivity contribution in [3.63, 3.8) is 0 Å². The summed E-state index contributed by atoms with van der Waals surface area (Å²) in [6.07, 6.45) is 1.42. The van der Waals surface area contributed by atoms with Crippen LogP contribution in [0.1, 0.15) is 20.3 Å². The maximum Gasteiger partial charge on any atom is 0.308 e. The fourth-order valence-electron chi connectivity index (χ4n) is 2.73. The van der Waals surface area contributed by atoms with Crippen LogP contribution in [0.4, 0.5) is 11.5 Å².